The highest BCUT2D eigenvalue weighted by Crippen LogP contribution is 2.47. The number of nitrogens with one attached hydrogen (secondary N) is 2. The van der Waals surface area contributed by atoms with Crippen molar-refractivity contribution in [1.82, 2.24) is 19.9 Å². The maximum absolute atomic E-state index is 12.5. The minimum Gasteiger partial charge on any atom is -0.368 e. The van der Waals surface area contributed by atoms with Crippen LogP contribution >= 0.6 is 11.6 Å². The van der Waals surface area contributed by atoms with Gasteiger partial charge in [-0.1, -0.05) is 60.1 Å². The molecule has 2 N–H and O–H groups in total. The number of anilines is 1. The Morgan fingerprint density at radius 1 is 1.12 bits per heavy atom. The van der Waals surface area contributed by atoms with Crippen molar-refractivity contribution >= 4 is 42.3 Å². The molecule has 0 saturated heterocycles. The van der Waals surface area contributed by atoms with E-state index in [9.17, 15) is 4.79 Å². The van der Waals surface area contributed by atoms with E-state index >= 15 is 0 Å². The molecule has 1 fully saturated rings. The predicted molar refractivity (Wildman–Crippen MR) is 130 cm³/mol. The van der Waals surface area contributed by atoms with Crippen LogP contribution in [0.25, 0.3) is 16.9 Å². The van der Waals surface area contributed by atoms with Gasteiger partial charge in [0.1, 0.15) is 13.7 Å². The minimum atomic E-state index is 0.0747. The number of rotatable bonds is 7. The highest BCUT2D eigenvalue weighted by molar-refractivity contribution is 6.36. The first kappa shape index (κ1) is 20.6. The van der Waals surface area contributed by atoms with Crippen molar-refractivity contribution < 1.29 is 4.79 Å². The van der Waals surface area contributed by atoms with Crippen molar-refractivity contribution in [3.05, 3.63) is 77.4 Å². The number of carbonyl (C=O) groups excluding carboxylic acids is 1. The zero-order chi connectivity index (χ0) is 22.1. The molecule has 0 unspecified atom stereocenters. The Balaban J connectivity index is 1.25. The highest BCUT2D eigenvalue weighted by Gasteiger charge is 2.43. The number of hydrogen-bond acceptors (Lipinski definition) is 4. The van der Waals surface area contributed by atoms with Crippen LogP contribution in [-0.4, -0.2) is 41.4 Å². The number of fused-ring (bicyclic) bond motifs is 1. The lowest BCUT2D eigenvalue weighted by Gasteiger charge is -2.12. The van der Waals surface area contributed by atoms with Crippen LogP contribution in [0.15, 0.2) is 66.9 Å². The van der Waals surface area contributed by atoms with E-state index in [1.807, 2.05) is 56.4 Å². The Kier molecular flexibility index (Phi) is 5.58. The number of carbonyl (C=O) groups is 1. The van der Waals surface area contributed by atoms with Gasteiger partial charge in [0, 0.05) is 41.9 Å². The molecule has 2 heterocycles. The first-order valence-corrected chi connectivity index (χ1v) is 11.2. The van der Waals surface area contributed by atoms with Gasteiger partial charge in [-0.15, -0.1) is 0 Å². The number of aromatic nitrogens is 3. The van der Waals surface area contributed by atoms with E-state index in [4.69, 9.17) is 16.6 Å². The molecule has 1 saturated carbocycles. The zero-order valence-corrected chi connectivity index (χ0v) is 18.5. The average Bonchev–Trinajstić information content (AvgIpc) is 3.54. The van der Waals surface area contributed by atoms with Gasteiger partial charge in [-0.3, -0.25) is 4.79 Å². The second-order valence-corrected chi connectivity index (χ2v) is 8.55. The molecule has 0 spiro atoms. The number of benzene rings is 2. The molecule has 32 heavy (non-hydrogen) atoms. The summed E-state index contributed by atoms with van der Waals surface area (Å²) in [5, 5.41) is 11.5. The van der Waals surface area contributed by atoms with Gasteiger partial charge in [-0.05, 0) is 29.4 Å². The average molecular weight is 444 g/mol. The van der Waals surface area contributed by atoms with Crippen molar-refractivity contribution in [2.45, 2.75) is 12.3 Å². The molecule has 160 valence electrons. The Hall–Kier alpha value is -3.32. The second kappa shape index (κ2) is 8.67. The largest absolute Gasteiger partial charge is 0.368 e. The number of halogens is 1. The summed E-state index contributed by atoms with van der Waals surface area (Å²) in [5.74, 6) is 1.34. The molecule has 0 radical (unpaired) electrons. The summed E-state index contributed by atoms with van der Waals surface area (Å²) in [7, 11) is 1.98. The van der Waals surface area contributed by atoms with Crippen LogP contribution in [0.2, 0.25) is 5.02 Å². The van der Waals surface area contributed by atoms with Crippen LogP contribution in [-0.2, 0) is 4.79 Å². The fourth-order valence-electron chi connectivity index (χ4n) is 4.07. The molecule has 1 amide bonds. The highest BCUT2D eigenvalue weighted by atomic mass is 35.5. The smallest absolute Gasteiger partial charge is 0.223 e. The SMILES string of the molecule is Bc1cnn2c(NCCNC(=O)[C@@H]3C[C@H]3c3ccccc3)cc(-c3ccccc3Cl)nc12. The summed E-state index contributed by atoms with van der Waals surface area (Å²) in [6.45, 7) is 1.11. The lowest BCUT2D eigenvalue weighted by Crippen LogP contribution is -2.30. The molecule has 2 atom stereocenters. The van der Waals surface area contributed by atoms with Gasteiger partial charge < -0.3 is 10.6 Å². The van der Waals surface area contributed by atoms with Crippen molar-refractivity contribution in [2.75, 3.05) is 18.4 Å². The van der Waals surface area contributed by atoms with Gasteiger partial charge in [0.25, 0.3) is 0 Å². The summed E-state index contributed by atoms with van der Waals surface area (Å²) in [6, 6.07) is 19.8. The third-order valence-electron chi connectivity index (χ3n) is 5.88. The molecule has 0 bridgehead atoms. The van der Waals surface area contributed by atoms with Crippen LogP contribution in [0.4, 0.5) is 5.82 Å². The fraction of sp³-hybridized carbons (Fsp3) is 0.208. The monoisotopic (exact) mass is 443 g/mol. The molecule has 4 aromatic rings. The Morgan fingerprint density at radius 2 is 1.91 bits per heavy atom. The molecule has 2 aromatic heterocycles. The minimum absolute atomic E-state index is 0.0747. The van der Waals surface area contributed by atoms with Crippen molar-refractivity contribution in [1.29, 1.82) is 0 Å². The maximum Gasteiger partial charge on any atom is 0.223 e. The van der Waals surface area contributed by atoms with Gasteiger partial charge in [0.15, 0.2) is 5.65 Å². The Labute approximate surface area is 192 Å². The molecule has 6 nitrogen and oxygen atoms in total. The van der Waals surface area contributed by atoms with Gasteiger partial charge in [-0.2, -0.15) is 9.61 Å². The van der Waals surface area contributed by atoms with Gasteiger partial charge >= 0.3 is 0 Å². The first-order chi connectivity index (χ1) is 15.6. The van der Waals surface area contributed by atoms with Gasteiger partial charge in [0.05, 0.1) is 5.69 Å². The second-order valence-electron chi connectivity index (χ2n) is 8.15. The lowest BCUT2D eigenvalue weighted by molar-refractivity contribution is -0.122. The molecule has 1 aliphatic carbocycles. The van der Waals surface area contributed by atoms with E-state index < -0.39 is 0 Å². The zero-order valence-electron chi connectivity index (χ0n) is 17.8. The predicted octanol–water partition coefficient (Wildman–Crippen LogP) is 2.64. The van der Waals surface area contributed by atoms with E-state index in [0.717, 1.165) is 34.6 Å². The van der Waals surface area contributed by atoms with Crippen LogP contribution in [0, 0.1) is 5.92 Å². The quantitative estimate of drug-likeness (QED) is 0.340. The summed E-state index contributed by atoms with van der Waals surface area (Å²) in [6.07, 6.45) is 2.71. The first-order valence-electron chi connectivity index (χ1n) is 10.8. The summed E-state index contributed by atoms with van der Waals surface area (Å²) in [5.41, 5.74) is 4.65. The van der Waals surface area contributed by atoms with Crippen LogP contribution in [0.1, 0.15) is 17.9 Å². The molecule has 8 heteroatoms. The summed E-state index contributed by atoms with van der Waals surface area (Å²) < 4.78 is 1.78. The van der Waals surface area contributed by atoms with Crippen molar-refractivity contribution in [3.63, 3.8) is 0 Å². The Morgan fingerprint density at radius 3 is 2.72 bits per heavy atom. The topological polar surface area (TPSA) is 71.3 Å². The third kappa shape index (κ3) is 4.08. The number of amides is 1. The van der Waals surface area contributed by atoms with Crippen LogP contribution in [0.5, 0.6) is 0 Å². The lowest BCUT2D eigenvalue weighted by atomic mass is 10.0. The van der Waals surface area contributed by atoms with E-state index in [1.54, 1.807) is 10.7 Å². The van der Waals surface area contributed by atoms with E-state index in [2.05, 4.69) is 27.9 Å². The molecule has 0 aliphatic heterocycles. The third-order valence-corrected chi connectivity index (χ3v) is 6.21. The van der Waals surface area contributed by atoms with Crippen LogP contribution in [0.3, 0.4) is 0 Å². The van der Waals surface area contributed by atoms with Crippen LogP contribution < -0.4 is 16.1 Å². The van der Waals surface area contributed by atoms with E-state index in [1.165, 1.54) is 5.56 Å². The number of hydrogen-bond donors (Lipinski definition) is 2. The maximum atomic E-state index is 12.5. The molecule has 2 aromatic carbocycles. The standard InChI is InChI=1S/C24H23BClN5O/c25-19-14-29-31-22(13-21(30-23(19)31)16-8-4-5-9-20(16)26)27-10-11-28-24(32)18-12-17(18)15-6-2-1-3-7-15/h1-9,13-14,17-18,27H,10-12,25H2,(H,28,32)/t17-,18+/m0/s1. The molecule has 1 aliphatic rings. The van der Waals surface area contributed by atoms with Gasteiger partial charge in [0.2, 0.25) is 5.91 Å². The van der Waals surface area contributed by atoms with E-state index in [0.29, 0.717) is 24.0 Å². The van der Waals surface area contributed by atoms with Crippen molar-refractivity contribution in [2.24, 2.45) is 5.92 Å². The summed E-state index contributed by atoms with van der Waals surface area (Å²) in [4.78, 5) is 17.3. The molecular weight excluding hydrogens is 421 g/mol. The normalized spacial score (nSPS) is 17.3. The molecular formula is C24H23BClN5O. The number of nitrogens with zero attached hydrogens (tertiary/aromatic N) is 3. The van der Waals surface area contributed by atoms with Gasteiger partial charge in [-0.25, -0.2) is 4.98 Å². The Bertz CT molecular complexity index is 1280. The van der Waals surface area contributed by atoms with Crippen molar-refractivity contribution in [3.8, 4) is 11.3 Å². The summed E-state index contributed by atoms with van der Waals surface area (Å²) >= 11 is 6.40. The van der Waals surface area contributed by atoms with E-state index in [-0.39, 0.29) is 11.8 Å². The molecule has 5 rings (SSSR count). The fourth-order valence-corrected chi connectivity index (χ4v) is 4.30.